The molecule has 1 aromatic carbocycles. The molecule has 0 spiro atoms. The first-order valence-corrected chi connectivity index (χ1v) is 8.09. The molecule has 0 heterocycles. The Morgan fingerprint density at radius 1 is 1.33 bits per heavy atom. The highest BCUT2D eigenvalue weighted by molar-refractivity contribution is 5.83. The van der Waals surface area contributed by atoms with Gasteiger partial charge in [0.1, 0.15) is 0 Å². The lowest BCUT2D eigenvalue weighted by Gasteiger charge is -2.20. The van der Waals surface area contributed by atoms with Gasteiger partial charge >= 0.3 is 0 Å². The van der Waals surface area contributed by atoms with Crippen LogP contribution in [-0.2, 0) is 4.79 Å². The van der Waals surface area contributed by atoms with E-state index in [1.54, 1.807) is 0 Å². The number of carbonyl (C=O) groups excluding carboxylic acids is 1. The standard InChI is InChI=1S/C18H27NO2/c1-4-13(5-2)17(20)11-19-18(21)16-10-15(16)14-9-7-6-8-12(14)3/h6-9,13,15-17,20H,4-5,10-11H2,1-3H3,(H,19,21). The van der Waals surface area contributed by atoms with Crippen molar-refractivity contribution in [3.05, 3.63) is 35.4 Å². The topological polar surface area (TPSA) is 49.3 Å². The van der Waals surface area contributed by atoms with Crippen LogP contribution in [-0.4, -0.2) is 23.7 Å². The molecule has 1 saturated carbocycles. The zero-order valence-corrected chi connectivity index (χ0v) is 13.3. The van der Waals surface area contributed by atoms with Crippen molar-refractivity contribution in [1.29, 1.82) is 0 Å². The van der Waals surface area contributed by atoms with E-state index in [4.69, 9.17) is 0 Å². The first-order valence-electron chi connectivity index (χ1n) is 8.09. The number of carbonyl (C=O) groups is 1. The first-order chi connectivity index (χ1) is 10.1. The van der Waals surface area contributed by atoms with Crippen LogP contribution in [0.3, 0.4) is 0 Å². The average molecular weight is 289 g/mol. The molecule has 0 aliphatic heterocycles. The molecule has 1 aromatic rings. The Hall–Kier alpha value is -1.35. The minimum Gasteiger partial charge on any atom is -0.391 e. The Morgan fingerprint density at radius 2 is 2.00 bits per heavy atom. The van der Waals surface area contributed by atoms with E-state index in [9.17, 15) is 9.90 Å². The van der Waals surface area contributed by atoms with Gasteiger partial charge in [-0.25, -0.2) is 0 Å². The maximum atomic E-state index is 12.2. The van der Waals surface area contributed by atoms with Crippen molar-refractivity contribution in [2.75, 3.05) is 6.54 Å². The molecule has 3 heteroatoms. The predicted molar refractivity (Wildman–Crippen MR) is 85.1 cm³/mol. The number of hydrogen-bond acceptors (Lipinski definition) is 2. The van der Waals surface area contributed by atoms with Crippen molar-refractivity contribution in [2.45, 2.75) is 52.1 Å². The third-order valence-electron chi connectivity index (χ3n) is 4.79. The number of aliphatic hydroxyl groups is 1. The van der Waals surface area contributed by atoms with Crippen molar-refractivity contribution in [2.24, 2.45) is 11.8 Å². The van der Waals surface area contributed by atoms with Gasteiger partial charge in [-0.1, -0.05) is 51.0 Å². The number of benzene rings is 1. The number of aryl methyl sites for hydroxylation is 1. The van der Waals surface area contributed by atoms with Gasteiger partial charge in [-0.2, -0.15) is 0 Å². The van der Waals surface area contributed by atoms with Crippen LogP contribution in [0.15, 0.2) is 24.3 Å². The fraction of sp³-hybridized carbons (Fsp3) is 0.611. The lowest BCUT2D eigenvalue weighted by Crippen LogP contribution is -2.37. The molecule has 3 atom stereocenters. The van der Waals surface area contributed by atoms with Crippen molar-refractivity contribution >= 4 is 5.91 Å². The summed E-state index contributed by atoms with van der Waals surface area (Å²) >= 11 is 0. The second-order valence-corrected chi connectivity index (χ2v) is 6.19. The fourth-order valence-electron chi connectivity index (χ4n) is 3.17. The second kappa shape index (κ2) is 7.08. The molecular weight excluding hydrogens is 262 g/mol. The van der Waals surface area contributed by atoms with E-state index in [1.807, 2.05) is 12.1 Å². The van der Waals surface area contributed by atoms with Gasteiger partial charge in [-0.3, -0.25) is 4.79 Å². The van der Waals surface area contributed by atoms with Gasteiger partial charge in [-0.05, 0) is 36.3 Å². The van der Waals surface area contributed by atoms with Crippen molar-refractivity contribution in [3.63, 3.8) is 0 Å². The summed E-state index contributed by atoms with van der Waals surface area (Å²) in [5, 5.41) is 13.0. The molecule has 2 N–H and O–H groups in total. The largest absolute Gasteiger partial charge is 0.391 e. The Labute approximate surface area is 127 Å². The fourth-order valence-corrected chi connectivity index (χ4v) is 3.17. The molecular formula is C18H27NO2. The summed E-state index contributed by atoms with van der Waals surface area (Å²) in [5.41, 5.74) is 2.55. The lowest BCUT2D eigenvalue weighted by molar-refractivity contribution is -0.123. The van der Waals surface area contributed by atoms with Gasteiger partial charge < -0.3 is 10.4 Å². The quantitative estimate of drug-likeness (QED) is 0.810. The molecule has 1 aliphatic carbocycles. The van der Waals surface area contributed by atoms with Gasteiger partial charge in [0.15, 0.2) is 0 Å². The molecule has 1 fully saturated rings. The first kappa shape index (κ1) is 16.0. The molecule has 2 rings (SSSR count). The van der Waals surface area contributed by atoms with Gasteiger partial charge in [0.25, 0.3) is 0 Å². The van der Waals surface area contributed by atoms with E-state index < -0.39 is 6.10 Å². The van der Waals surface area contributed by atoms with Crippen LogP contribution in [0, 0.1) is 18.8 Å². The number of rotatable bonds is 7. The van der Waals surface area contributed by atoms with Gasteiger partial charge in [0, 0.05) is 12.5 Å². The average Bonchev–Trinajstić information content (AvgIpc) is 3.27. The van der Waals surface area contributed by atoms with Gasteiger partial charge in [0.05, 0.1) is 6.10 Å². The minimum absolute atomic E-state index is 0.0833. The normalized spacial score (nSPS) is 22.1. The third-order valence-corrected chi connectivity index (χ3v) is 4.79. The highest BCUT2D eigenvalue weighted by Crippen LogP contribution is 2.48. The van der Waals surface area contributed by atoms with Crippen LogP contribution < -0.4 is 5.32 Å². The number of aliphatic hydroxyl groups excluding tert-OH is 1. The van der Waals surface area contributed by atoms with Crippen molar-refractivity contribution < 1.29 is 9.90 Å². The monoisotopic (exact) mass is 289 g/mol. The summed E-state index contributed by atoms with van der Waals surface area (Å²) < 4.78 is 0. The highest BCUT2D eigenvalue weighted by atomic mass is 16.3. The van der Waals surface area contributed by atoms with Crippen LogP contribution in [0.1, 0.15) is 50.2 Å². The van der Waals surface area contributed by atoms with Crippen LogP contribution in [0.5, 0.6) is 0 Å². The Morgan fingerprint density at radius 3 is 2.62 bits per heavy atom. The van der Waals surface area contributed by atoms with E-state index >= 15 is 0 Å². The zero-order valence-electron chi connectivity index (χ0n) is 13.3. The molecule has 1 amide bonds. The summed E-state index contributed by atoms with van der Waals surface area (Å²) in [4.78, 5) is 12.2. The van der Waals surface area contributed by atoms with Crippen LogP contribution >= 0.6 is 0 Å². The summed E-state index contributed by atoms with van der Waals surface area (Å²) in [5.74, 6) is 0.807. The van der Waals surface area contributed by atoms with E-state index in [2.05, 4.69) is 38.2 Å². The maximum Gasteiger partial charge on any atom is 0.223 e. The smallest absolute Gasteiger partial charge is 0.223 e. The van der Waals surface area contributed by atoms with E-state index in [0.29, 0.717) is 12.5 Å². The van der Waals surface area contributed by atoms with E-state index in [0.717, 1.165) is 19.3 Å². The predicted octanol–water partition coefficient (Wildman–Crippen LogP) is 3.01. The molecule has 0 saturated heterocycles. The van der Waals surface area contributed by atoms with E-state index in [-0.39, 0.29) is 17.7 Å². The van der Waals surface area contributed by atoms with E-state index in [1.165, 1.54) is 11.1 Å². The summed E-state index contributed by atoms with van der Waals surface area (Å²) in [6, 6.07) is 8.28. The molecule has 0 aromatic heterocycles. The van der Waals surface area contributed by atoms with Gasteiger partial charge in [0.2, 0.25) is 5.91 Å². The van der Waals surface area contributed by atoms with Crippen LogP contribution in [0.4, 0.5) is 0 Å². The van der Waals surface area contributed by atoms with Crippen molar-refractivity contribution in [3.8, 4) is 0 Å². The Kier molecular flexibility index (Phi) is 5.40. The van der Waals surface area contributed by atoms with Crippen molar-refractivity contribution in [1.82, 2.24) is 5.32 Å². The number of hydrogen-bond donors (Lipinski definition) is 2. The van der Waals surface area contributed by atoms with Crippen LogP contribution in [0.2, 0.25) is 0 Å². The maximum absolute atomic E-state index is 12.2. The summed E-state index contributed by atoms with van der Waals surface area (Å²) in [7, 11) is 0. The molecule has 1 aliphatic rings. The molecule has 3 unspecified atom stereocenters. The summed E-state index contributed by atoms with van der Waals surface area (Å²) in [6.07, 6.45) is 2.39. The lowest BCUT2D eigenvalue weighted by atomic mass is 9.96. The Balaban J connectivity index is 1.83. The number of nitrogens with one attached hydrogen (secondary N) is 1. The van der Waals surface area contributed by atoms with Gasteiger partial charge in [-0.15, -0.1) is 0 Å². The van der Waals surface area contributed by atoms with Crippen LogP contribution in [0.25, 0.3) is 0 Å². The zero-order chi connectivity index (χ0) is 15.4. The SMILES string of the molecule is CCC(CC)C(O)CNC(=O)C1CC1c1ccccc1C. The summed E-state index contributed by atoms with van der Waals surface area (Å²) in [6.45, 7) is 6.63. The molecule has 3 nitrogen and oxygen atoms in total. The molecule has 116 valence electrons. The third kappa shape index (κ3) is 3.85. The molecule has 0 radical (unpaired) electrons. The number of amides is 1. The highest BCUT2D eigenvalue weighted by Gasteiger charge is 2.44. The second-order valence-electron chi connectivity index (χ2n) is 6.19. The molecule has 21 heavy (non-hydrogen) atoms. The minimum atomic E-state index is -0.431. The Bertz CT molecular complexity index is 482. The molecule has 0 bridgehead atoms.